The molecule has 0 spiro atoms. The van der Waals surface area contributed by atoms with Crippen LogP contribution in [0, 0.1) is 5.82 Å². The Labute approximate surface area is 135 Å². The third-order valence-electron chi connectivity index (χ3n) is 4.47. The molecule has 1 aliphatic rings. The van der Waals surface area contributed by atoms with E-state index >= 15 is 0 Å². The van der Waals surface area contributed by atoms with Crippen molar-refractivity contribution in [2.45, 2.75) is 12.6 Å². The average molecular weight is 320 g/mol. The third kappa shape index (κ3) is 3.12. The summed E-state index contributed by atoms with van der Waals surface area (Å²) in [7, 11) is 6.16. The Morgan fingerprint density at radius 3 is 2.74 bits per heavy atom. The van der Waals surface area contributed by atoms with Crippen LogP contribution < -0.4 is 4.48 Å². The minimum absolute atomic E-state index is 0.0652. The Morgan fingerprint density at radius 1 is 1.30 bits per heavy atom. The largest absolute Gasteiger partial charge is 0.369 e. The molecule has 0 aliphatic carbocycles. The van der Waals surface area contributed by atoms with Gasteiger partial charge in [0.25, 0.3) is 5.82 Å². The molecule has 1 aromatic heterocycles. The molecule has 1 fully saturated rings. The van der Waals surface area contributed by atoms with Gasteiger partial charge in [-0.05, 0) is 26.2 Å². The molecule has 124 valence electrons. The second-order valence-corrected chi connectivity index (χ2v) is 6.47. The van der Waals surface area contributed by atoms with Crippen molar-refractivity contribution in [1.29, 1.82) is 0 Å². The van der Waals surface area contributed by atoms with Gasteiger partial charge in [-0.1, -0.05) is 17.2 Å². The van der Waals surface area contributed by atoms with Gasteiger partial charge >= 0.3 is 0 Å². The first-order chi connectivity index (χ1) is 11.0. The fraction of sp³-hybridized carbons (Fsp3) is 0.500. The number of aromatic nitrogens is 3. The summed E-state index contributed by atoms with van der Waals surface area (Å²) in [5, 5.41) is 11.5. The number of nitrogens with one attached hydrogen (secondary N) is 1. The monoisotopic (exact) mass is 320 g/mol. The first-order valence-corrected chi connectivity index (χ1v) is 7.74. The molecule has 0 amide bonds. The molecule has 1 unspecified atom stereocenters. The Bertz CT molecular complexity index is 657. The number of benzene rings is 1. The quantitative estimate of drug-likeness (QED) is 0.872. The number of halogens is 1. The van der Waals surface area contributed by atoms with E-state index in [1.165, 1.54) is 12.1 Å². The lowest BCUT2D eigenvalue weighted by molar-refractivity contribution is 0.00631. The van der Waals surface area contributed by atoms with Gasteiger partial charge in [0, 0.05) is 12.1 Å². The normalized spacial score (nSPS) is 25.0. The number of rotatable bonds is 4. The lowest BCUT2D eigenvalue weighted by atomic mass is 10.0. The van der Waals surface area contributed by atoms with Crippen LogP contribution in [-0.4, -0.2) is 61.2 Å². The van der Waals surface area contributed by atoms with Gasteiger partial charge in [-0.2, -0.15) is 10.3 Å². The molecule has 1 aliphatic heterocycles. The number of quaternary nitrogens is 1. The van der Waals surface area contributed by atoms with Gasteiger partial charge in [0.2, 0.25) is 0 Å². The Morgan fingerprint density at radius 2 is 2.04 bits per heavy atom. The molecule has 1 N–H and O–H groups in total. The highest BCUT2D eigenvalue weighted by atomic mass is 19.1. The van der Waals surface area contributed by atoms with Crippen LogP contribution in [0.5, 0.6) is 0 Å². The van der Waals surface area contributed by atoms with Crippen LogP contribution in [0.3, 0.4) is 0 Å². The summed E-state index contributed by atoms with van der Waals surface area (Å²) in [4.78, 5) is 2.07. The molecule has 2 aromatic rings. The van der Waals surface area contributed by atoms with E-state index in [9.17, 15) is 4.39 Å². The smallest absolute Gasteiger partial charge is 0.271 e. The highest BCUT2D eigenvalue weighted by Gasteiger charge is 2.43. The lowest BCUT2D eigenvalue weighted by Gasteiger charge is -2.42. The van der Waals surface area contributed by atoms with E-state index in [0.717, 1.165) is 30.2 Å². The van der Waals surface area contributed by atoms with E-state index in [1.807, 2.05) is 26.2 Å². The molecular weight excluding hydrogens is 297 g/mol. The van der Waals surface area contributed by atoms with Gasteiger partial charge in [0.15, 0.2) is 5.69 Å². The number of hydrogen-bond acceptors (Lipinski definition) is 4. The van der Waals surface area contributed by atoms with Crippen LogP contribution in [0.2, 0.25) is 0 Å². The van der Waals surface area contributed by atoms with Crippen LogP contribution in [0.1, 0.15) is 17.3 Å². The number of aromatic amines is 1. The van der Waals surface area contributed by atoms with E-state index in [2.05, 4.69) is 27.4 Å². The summed E-state index contributed by atoms with van der Waals surface area (Å²) in [5.74, 6) is 0.700. The third-order valence-corrected chi connectivity index (χ3v) is 4.47. The summed E-state index contributed by atoms with van der Waals surface area (Å²) in [6.07, 6.45) is 0. The maximum atomic E-state index is 13.3. The van der Waals surface area contributed by atoms with E-state index in [0.29, 0.717) is 17.7 Å². The molecule has 2 atom stereocenters. The lowest BCUT2D eigenvalue weighted by Crippen LogP contribution is -2.56. The standard InChI is InChI=1S/C16H23FN5O/c1-21(2)10-14-16(19-20-18-14)22(3)8-9-23-11-15(22)12-4-6-13(17)7-5-12/h4-7,15H,8-11H2,1-3H3,(H,18,19,20)/q+1/t15-,22?/m1/s1. The fourth-order valence-corrected chi connectivity index (χ4v) is 3.20. The number of morpholine rings is 1. The van der Waals surface area contributed by atoms with Gasteiger partial charge in [0.05, 0.1) is 13.7 Å². The maximum Gasteiger partial charge on any atom is 0.271 e. The van der Waals surface area contributed by atoms with Crippen molar-refractivity contribution in [2.75, 3.05) is 40.9 Å². The summed E-state index contributed by atoms with van der Waals surface area (Å²) < 4.78 is 19.6. The van der Waals surface area contributed by atoms with E-state index in [-0.39, 0.29) is 11.9 Å². The van der Waals surface area contributed by atoms with Crippen molar-refractivity contribution in [3.05, 3.63) is 41.3 Å². The molecular formula is C16H23FN5O+. The van der Waals surface area contributed by atoms with Crippen LogP contribution in [0.25, 0.3) is 0 Å². The van der Waals surface area contributed by atoms with Crippen LogP contribution >= 0.6 is 0 Å². The van der Waals surface area contributed by atoms with Crippen molar-refractivity contribution in [1.82, 2.24) is 24.8 Å². The van der Waals surface area contributed by atoms with E-state index in [4.69, 9.17) is 4.74 Å². The van der Waals surface area contributed by atoms with Crippen molar-refractivity contribution < 1.29 is 9.13 Å². The zero-order valence-electron chi connectivity index (χ0n) is 13.8. The highest BCUT2D eigenvalue weighted by Crippen LogP contribution is 2.36. The summed E-state index contributed by atoms with van der Waals surface area (Å²) >= 11 is 0. The first kappa shape index (κ1) is 16.0. The minimum atomic E-state index is -0.227. The van der Waals surface area contributed by atoms with Crippen molar-refractivity contribution >= 4 is 5.82 Å². The zero-order valence-corrected chi connectivity index (χ0v) is 13.8. The zero-order chi connectivity index (χ0) is 16.4. The van der Waals surface area contributed by atoms with Crippen LogP contribution in [0.15, 0.2) is 24.3 Å². The second-order valence-electron chi connectivity index (χ2n) is 6.47. The number of H-pyrrole nitrogens is 1. The maximum absolute atomic E-state index is 13.3. The van der Waals surface area contributed by atoms with Crippen LogP contribution in [0.4, 0.5) is 10.2 Å². The predicted molar refractivity (Wildman–Crippen MR) is 86.3 cm³/mol. The molecule has 7 heteroatoms. The van der Waals surface area contributed by atoms with Gasteiger partial charge in [-0.15, -0.1) is 0 Å². The Hall–Kier alpha value is -1.83. The van der Waals surface area contributed by atoms with Crippen LogP contribution in [-0.2, 0) is 11.3 Å². The topological polar surface area (TPSA) is 54.0 Å². The highest BCUT2D eigenvalue weighted by molar-refractivity contribution is 5.42. The van der Waals surface area contributed by atoms with E-state index < -0.39 is 0 Å². The van der Waals surface area contributed by atoms with Crippen molar-refractivity contribution in [2.24, 2.45) is 0 Å². The van der Waals surface area contributed by atoms with Crippen molar-refractivity contribution in [3.63, 3.8) is 0 Å². The Balaban J connectivity index is 1.99. The van der Waals surface area contributed by atoms with Crippen molar-refractivity contribution in [3.8, 4) is 0 Å². The Kier molecular flexibility index (Phi) is 4.43. The number of ether oxygens (including phenoxy) is 1. The molecule has 0 bridgehead atoms. The minimum Gasteiger partial charge on any atom is -0.369 e. The molecule has 23 heavy (non-hydrogen) atoms. The summed E-state index contributed by atoms with van der Waals surface area (Å²) in [5.41, 5.74) is 1.99. The predicted octanol–water partition coefficient (Wildman–Crippen LogP) is 1.71. The second kappa shape index (κ2) is 6.35. The molecule has 2 heterocycles. The van der Waals surface area contributed by atoms with E-state index in [1.54, 1.807) is 0 Å². The van der Waals surface area contributed by atoms with Gasteiger partial charge < -0.3 is 9.64 Å². The molecule has 0 radical (unpaired) electrons. The fourth-order valence-electron chi connectivity index (χ4n) is 3.20. The molecule has 1 saturated heterocycles. The average Bonchev–Trinajstić information content (AvgIpc) is 2.97. The molecule has 6 nitrogen and oxygen atoms in total. The first-order valence-electron chi connectivity index (χ1n) is 7.74. The molecule has 3 rings (SSSR count). The van der Waals surface area contributed by atoms with Gasteiger partial charge in [-0.3, -0.25) is 4.48 Å². The number of nitrogens with zero attached hydrogens (tertiary/aromatic N) is 4. The number of hydrogen-bond donors (Lipinski definition) is 1. The molecule has 1 aromatic carbocycles. The summed E-state index contributed by atoms with van der Waals surface area (Å²) in [6, 6.07) is 6.72. The van der Waals surface area contributed by atoms with Gasteiger partial charge in [-0.25, -0.2) is 4.39 Å². The number of likely N-dealkylation sites (N-methyl/N-ethyl adjacent to an activating group) is 1. The summed E-state index contributed by atoms with van der Waals surface area (Å²) in [6.45, 7) is 2.77. The van der Waals surface area contributed by atoms with Gasteiger partial charge in [0.1, 0.15) is 25.0 Å². The SMILES string of the molecule is CN(C)Cc1n[nH]nc1[N+]1(C)CCOC[C@@H]1c1ccc(F)cc1. The molecule has 0 saturated carbocycles.